The lowest BCUT2D eigenvalue weighted by atomic mass is 10.2. The number of para-hydroxylation sites is 1. The van der Waals surface area contributed by atoms with Crippen molar-refractivity contribution in [3.05, 3.63) is 30.0 Å². The number of sulfonamides is 1. The molecule has 0 bridgehead atoms. The number of benzene rings is 1. The van der Waals surface area contributed by atoms with Gasteiger partial charge in [-0.05, 0) is 6.07 Å². The summed E-state index contributed by atoms with van der Waals surface area (Å²) in [7, 11) is -3.19. The Morgan fingerprint density at radius 1 is 1.19 bits per heavy atom. The molecule has 8 heteroatoms. The summed E-state index contributed by atoms with van der Waals surface area (Å²) in [4.78, 5) is 14.1. The van der Waals surface area contributed by atoms with Crippen molar-refractivity contribution in [1.29, 1.82) is 0 Å². The molecule has 0 radical (unpaired) electrons. The van der Waals surface area contributed by atoms with E-state index >= 15 is 0 Å². The van der Waals surface area contributed by atoms with E-state index in [2.05, 4.69) is 10.2 Å². The maximum absolute atomic E-state index is 12.5. The van der Waals surface area contributed by atoms with E-state index in [1.54, 1.807) is 4.90 Å². The second kappa shape index (κ2) is 5.12. The summed E-state index contributed by atoms with van der Waals surface area (Å²) in [5, 5.41) is 7.71. The fraction of sp³-hybridized carbons (Fsp3) is 0.385. The fourth-order valence-electron chi connectivity index (χ4n) is 2.50. The molecule has 1 fully saturated rings. The van der Waals surface area contributed by atoms with Crippen molar-refractivity contribution in [3.8, 4) is 0 Å². The van der Waals surface area contributed by atoms with E-state index < -0.39 is 10.0 Å². The number of carbonyl (C=O) groups excluding carboxylic acids is 1. The zero-order chi connectivity index (χ0) is 15.0. The van der Waals surface area contributed by atoms with Crippen molar-refractivity contribution >= 4 is 26.8 Å². The Morgan fingerprint density at radius 2 is 1.86 bits per heavy atom. The van der Waals surface area contributed by atoms with E-state index in [1.807, 2.05) is 24.3 Å². The number of fused-ring (bicyclic) bond motifs is 1. The average Bonchev–Trinajstić information content (AvgIpc) is 2.90. The minimum Gasteiger partial charge on any atom is -0.335 e. The fourth-order valence-corrected chi connectivity index (χ4v) is 3.33. The summed E-state index contributed by atoms with van der Waals surface area (Å²) in [6.45, 7) is 1.42. The van der Waals surface area contributed by atoms with Crippen LogP contribution < -0.4 is 0 Å². The van der Waals surface area contributed by atoms with Crippen molar-refractivity contribution in [3.63, 3.8) is 0 Å². The summed E-state index contributed by atoms with van der Waals surface area (Å²) < 4.78 is 24.3. The molecule has 1 aliphatic heterocycles. The third-order valence-corrected chi connectivity index (χ3v) is 4.97. The molecule has 112 valence electrons. The molecule has 1 N–H and O–H groups in total. The first-order chi connectivity index (χ1) is 9.97. The Morgan fingerprint density at radius 3 is 2.52 bits per heavy atom. The van der Waals surface area contributed by atoms with Crippen LogP contribution in [0.3, 0.4) is 0 Å². The molecule has 1 saturated heterocycles. The number of hydrogen-bond donors (Lipinski definition) is 1. The topological polar surface area (TPSA) is 86.4 Å². The molecule has 1 amide bonds. The van der Waals surface area contributed by atoms with Crippen molar-refractivity contribution in [1.82, 2.24) is 19.4 Å². The quantitative estimate of drug-likeness (QED) is 0.863. The smallest absolute Gasteiger partial charge is 0.275 e. The lowest BCUT2D eigenvalue weighted by Gasteiger charge is -2.32. The van der Waals surface area contributed by atoms with Gasteiger partial charge in [0, 0.05) is 31.6 Å². The van der Waals surface area contributed by atoms with Crippen molar-refractivity contribution < 1.29 is 13.2 Å². The average molecular weight is 308 g/mol. The number of nitrogens with zero attached hydrogens (tertiary/aromatic N) is 3. The Bertz CT molecular complexity index is 776. The molecule has 3 rings (SSSR count). The highest BCUT2D eigenvalue weighted by molar-refractivity contribution is 7.88. The minimum atomic E-state index is -3.19. The van der Waals surface area contributed by atoms with Gasteiger partial charge < -0.3 is 4.90 Å². The van der Waals surface area contributed by atoms with Gasteiger partial charge >= 0.3 is 0 Å². The highest BCUT2D eigenvalue weighted by atomic mass is 32.2. The molecule has 1 aromatic carbocycles. The summed E-state index contributed by atoms with van der Waals surface area (Å²) >= 11 is 0. The van der Waals surface area contributed by atoms with Crippen LogP contribution in [0.25, 0.3) is 10.9 Å². The lowest BCUT2D eigenvalue weighted by molar-refractivity contribution is 0.0694. The van der Waals surface area contributed by atoms with Crippen molar-refractivity contribution in [2.75, 3.05) is 32.4 Å². The monoisotopic (exact) mass is 308 g/mol. The molecule has 0 aliphatic carbocycles. The van der Waals surface area contributed by atoms with Crippen LogP contribution >= 0.6 is 0 Å². The van der Waals surface area contributed by atoms with E-state index in [4.69, 9.17) is 0 Å². The Hall–Kier alpha value is -1.93. The van der Waals surface area contributed by atoms with Crippen molar-refractivity contribution in [2.24, 2.45) is 0 Å². The van der Waals surface area contributed by atoms with Crippen LogP contribution in [-0.4, -0.2) is 66.2 Å². The first-order valence-corrected chi connectivity index (χ1v) is 8.49. The standard InChI is InChI=1S/C13H16N4O3S/c1-21(19,20)17-8-6-16(7-9-17)13(18)12-10-4-2-3-5-11(10)14-15-12/h2-5H,6-9H2,1H3,(H,14,15). The molecule has 0 unspecified atom stereocenters. The van der Waals surface area contributed by atoms with Gasteiger partial charge in [0.25, 0.3) is 5.91 Å². The van der Waals surface area contributed by atoms with Crippen LogP contribution in [0, 0.1) is 0 Å². The molecular weight excluding hydrogens is 292 g/mol. The van der Waals surface area contributed by atoms with Gasteiger partial charge in [0.2, 0.25) is 10.0 Å². The van der Waals surface area contributed by atoms with E-state index in [9.17, 15) is 13.2 Å². The molecule has 1 aliphatic rings. The molecule has 7 nitrogen and oxygen atoms in total. The normalized spacial score (nSPS) is 17.3. The predicted octanol–water partition coefficient (Wildman–Crippen LogP) is 0.280. The molecule has 21 heavy (non-hydrogen) atoms. The van der Waals surface area contributed by atoms with Crippen LogP contribution in [0.1, 0.15) is 10.5 Å². The summed E-state index contributed by atoms with van der Waals surface area (Å²) in [6, 6.07) is 7.44. The number of H-pyrrole nitrogens is 1. The molecule has 2 heterocycles. The number of aromatic nitrogens is 2. The van der Waals surface area contributed by atoms with Gasteiger partial charge in [-0.2, -0.15) is 9.40 Å². The predicted molar refractivity (Wildman–Crippen MR) is 78.4 cm³/mol. The van der Waals surface area contributed by atoms with Crippen LogP contribution in [0.4, 0.5) is 0 Å². The zero-order valence-electron chi connectivity index (χ0n) is 11.6. The molecule has 0 spiro atoms. The summed E-state index contributed by atoms with van der Waals surface area (Å²) in [5.41, 5.74) is 1.20. The van der Waals surface area contributed by atoms with Gasteiger partial charge in [0.1, 0.15) is 0 Å². The highest BCUT2D eigenvalue weighted by Gasteiger charge is 2.28. The van der Waals surface area contributed by atoms with Gasteiger partial charge in [0.05, 0.1) is 11.8 Å². The van der Waals surface area contributed by atoms with Crippen LogP contribution in [0.5, 0.6) is 0 Å². The minimum absolute atomic E-state index is 0.166. The Kier molecular flexibility index (Phi) is 3.42. The largest absolute Gasteiger partial charge is 0.335 e. The third kappa shape index (κ3) is 2.64. The number of carbonyl (C=O) groups is 1. The number of nitrogens with one attached hydrogen (secondary N) is 1. The highest BCUT2D eigenvalue weighted by Crippen LogP contribution is 2.18. The van der Waals surface area contributed by atoms with Crippen LogP contribution in [0.2, 0.25) is 0 Å². The number of piperazine rings is 1. The molecule has 0 saturated carbocycles. The summed E-state index contributed by atoms with van der Waals surface area (Å²) in [5.74, 6) is -0.166. The van der Waals surface area contributed by atoms with E-state index in [-0.39, 0.29) is 5.91 Å². The number of rotatable bonds is 2. The maximum atomic E-state index is 12.5. The van der Waals surface area contributed by atoms with Gasteiger partial charge in [-0.3, -0.25) is 9.89 Å². The SMILES string of the molecule is CS(=O)(=O)N1CCN(C(=O)c2n[nH]c3ccccc23)CC1. The first-order valence-electron chi connectivity index (χ1n) is 6.64. The molecular formula is C13H16N4O3S. The second-order valence-corrected chi connectivity index (χ2v) is 7.05. The molecule has 2 aromatic rings. The number of amides is 1. The van der Waals surface area contributed by atoms with E-state index in [0.29, 0.717) is 31.9 Å². The van der Waals surface area contributed by atoms with Crippen molar-refractivity contribution in [2.45, 2.75) is 0 Å². The van der Waals surface area contributed by atoms with E-state index in [0.717, 1.165) is 10.9 Å². The van der Waals surface area contributed by atoms with Gasteiger partial charge in [0.15, 0.2) is 5.69 Å². The van der Waals surface area contributed by atoms with Crippen LogP contribution in [-0.2, 0) is 10.0 Å². The van der Waals surface area contributed by atoms with Gasteiger partial charge in [-0.25, -0.2) is 8.42 Å². The molecule has 0 atom stereocenters. The third-order valence-electron chi connectivity index (χ3n) is 3.67. The van der Waals surface area contributed by atoms with Gasteiger partial charge in [-0.1, -0.05) is 18.2 Å². The number of hydrogen-bond acceptors (Lipinski definition) is 4. The van der Waals surface area contributed by atoms with E-state index in [1.165, 1.54) is 10.6 Å². The lowest BCUT2D eigenvalue weighted by Crippen LogP contribution is -2.50. The van der Waals surface area contributed by atoms with Gasteiger partial charge in [-0.15, -0.1) is 0 Å². The second-order valence-electron chi connectivity index (χ2n) is 5.07. The number of aromatic amines is 1. The molecule has 1 aromatic heterocycles. The maximum Gasteiger partial charge on any atom is 0.275 e. The van der Waals surface area contributed by atoms with Crippen LogP contribution in [0.15, 0.2) is 24.3 Å². The Balaban J connectivity index is 1.78. The first kappa shape index (κ1) is 14.0. The Labute approximate surface area is 122 Å². The zero-order valence-corrected chi connectivity index (χ0v) is 12.4. The summed E-state index contributed by atoms with van der Waals surface area (Å²) in [6.07, 6.45) is 1.19.